The van der Waals surface area contributed by atoms with E-state index in [0.717, 1.165) is 38.3 Å². The van der Waals surface area contributed by atoms with E-state index in [9.17, 15) is 0 Å². The molecule has 0 unspecified atom stereocenters. The van der Waals surface area contributed by atoms with Gasteiger partial charge in [0.25, 0.3) is 0 Å². The topological polar surface area (TPSA) is 21.3 Å². The van der Waals surface area contributed by atoms with Crippen LogP contribution in [0.2, 0.25) is 0 Å². The van der Waals surface area contributed by atoms with Gasteiger partial charge >= 0.3 is 0 Å². The summed E-state index contributed by atoms with van der Waals surface area (Å²) in [4.78, 5) is 0. The maximum atomic E-state index is 5.69. The predicted octanol–water partition coefficient (Wildman–Crippen LogP) is 3.68. The zero-order valence-electron chi connectivity index (χ0n) is 12.6. The molecule has 0 bridgehead atoms. The third kappa shape index (κ3) is 3.73. The Hall–Kier alpha value is -1.02. The van der Waals surface area contributed by atoms with Crippen LogP contribution in [0.15, 0.2) is 18.2 Å². The number of rotatable bonds is 6. The third-order valence-corrected chi connectivity index (χ3v) is 4.04. The molecule has 0 saturated heterocycles. The lowest BCUT2D eigenvalue weighted by atomic mass is 9.80. The molecule has 0 spiro atoms. The van der Waals surface area contributed by atoms with Crippen molar-refractivity contribution in [3.63, 3.8) is 0 Å². The fourth-order valence-corrected chi connectivity index (χ4v) is 2.63. The number of nitrogens with one attached hydrogen (secondary N) is 1. The summed E-state index contributed by atoms with van der Waals surface area (Å²) in [7, 11) is 0. The van der Waals surface area contributed by atoms with Crippen molar-refractivity contribution in [1.29, 1.82) is 0 Å². The van der Waals surface area contributed by atoms with Crippen LogP contribution in [0.4, 0.5) is 0 Å². The molecule has 1 heterocycles. The van der Waals surface area contributed by atoms with Gasteiger partial charge in [0.2, 0.25) is 0 Å². The van der Waals surface area contributed by atoms with Gasteiger partial charge in [-0.25, -0.2) is 0 Å². The average molecular weight is 261 g/mol. The summed E-state index contributed by atoms with van der Waals surface area (Å²) in [5.74, 6) is 1.09. The van der Waals surface area contributed by atoms with E-state index in [-0.39, 0.29) is 5.41 Å². The Morgan fingerprint density at radius 1 is 1.26 bits per heavy atom. The van der Waals surface area contributed by atoms with E-state index >= 15 is 0 Å². The minimum atomic E-state index is 0.229. The molecule has 0 radical (unpaired) electrons. The van der Waals surface area contributed by atoms with Crippen LogP contribution >= 0.6 is 0 Å². The van der Waals surface area contributed by atoms with Crippen LogP contribution in [0, 0.1) is 0 Å². The molecule has 1 aromatic carbocycles. The molecular formula is C17H27NO. The Bertz CT molecular complexity index is 412. The number of hydrogen-bond donors (Lipinski definition) is 1. The van der Waals surface area contributed by atoms with E-state index in [1.165, 1.54) is 24.0 Å². The Morgan fingerprint density at radius 3 is 2.89 bits per heavy atom. The summed E-state index contributed by atoms with van der Waals surface area (Å²) in [6.45, 7) is 9.97. The molecule has 0 atom stereocenters. The molecule has 2 rings (SSSR count). The summed E-state index contributed by atoms with van der Waals surface area (Å²) in [5.41, 5.74) is 3.06. The van der Waals surface area contributed by atoms with Crippen LogP contribution in [0.5, 0.6) is 5.75 Å². The highest BCUT2D eigenvalue weighted by molar-refractivity contribution is 5.40. The molecule has 0 aromatic heterocycles. The molecule has 0 fully saturated rings. The van der Waals surface area contributed by atoms with Crippen molar-refractivity contribution in [2.24, 2.45) is 0 Å². The van der Waals surface area contributed by atoms with Crippen LogP contribution in [-0.2, 0) is 11.8 Å². The molecular weight excluding hydrogens is 234 g/mol. The second kappa shape index (κ2) is 6.42. The molecule has 2 nitrogen and oxygen atoms in total. The van der Waals surface area contributed by atoms with E-state index in [4.69, 9.17) is 4.74 Å². The minimum Gasteiger partial charge on any atom is -0.493 e. The summed E-state index contributed by atoms with van der Waals surface area (Å²) in [6, 6.07) is 6.75. The molecule has 0 saturated carbocycles. The van der Waals surface area contributed by atoms with Crippen molar-refractivity contribution < 1.29 is 4.74 Å². The summed E-state index contributed by atoms with van der Waals surface area (Å²) >= 11 is 0. The molecule has 1 aromatic rings. The van der Waals surface area contributed by atoms with E-state index in [1.54, 1.807) is 0 Å². The largest absolute Gasteiger partial charge is 0.493 e. The number of hydrogen-bond acceptors (Lipinski definition) is 2. The maximum Gasteiger partial charge on any atom is 0.122 e. The average Bonchev–Trinajstić information content (AvgIpc) is 2.43. The van der Waals surface area contributed by atoms with Crippen molar-refractivity contribution in [3.05, 3.63) is 29.3 Å². The second-order valence-corrected chi connectivity index (χ2v) is 6.16. The summed E-state index contributed by atoms with van der Waals surface area (Å²) in [5, 5.41) is 3.50. The van der Waals surface area contributed by atoms with Crippen LogP contribution < -0.4 is 10.1 Å². The molecule has 2 heteroatoms. The number of fused-ring (bicyclic) bond motifs is 1. The minimum absolute atomic E-state index is 0.229. The highest BCUT2D eigenvalue weighted by atomic mass is 16.5. The first-order valence-corrected chi connectivity index (χ1v) is 7.60. The molecule has 0 amide bonds. The summed E-state index contributed by atoms with van der Waals surface area (Å²) < 4.78 is 5.69. The van der Waals surface area contributed by atoms with Gasteiger partial charge in [-0.15, -0.1) is 0 Å². The Morgan fingerprint density at radius 2 is 2.11 bits per heavy atom. The van der Waals surface area contributed by atoms with E-state index < -0.39 is 0 Å². The van der Waals surface area contributed by atoms with Gasteiger partial charge in [-0.2, -0.15) is 0 Å². The Balaban J connectivity index is 2.03. The lowest BCUT2D eigenvalue weighted by Gasteiger charge is -2.27. The normalized spacial score (nSPS) is 14.9. The second-order valence-electron chi connectivity index (χ2n) is 6.16. The molecule has 0 aliphatic carbocycles. The highest BCUT2D eigenvalue weighted by Gasteiger charge is 2.22. The van der Waals surface area contributed by atoms with Crippen LogP contribution in [0.1, 0.15) is 51.2 Å². The van der Waals surface area contributed by atoms with Gasteiger partial charge in [0.15, 0.2) is 0 Å². The van der Waals surface area contributed by atoms with E-state index in [0.29, 0.717) is 0 Å². The number of ether oxygens (including phenoxy) is 1. The predicted molar refractivity (Wildman–Crippen MR) is 81.1 cm³/mol. The number of aryl methyl sites for hydroxylation is 1. The Kier molecular flexibility index (Phi) is 4.87. The van der Waals surface area contributed by atoms with Gasteiger partial charge < -0.3 is 10.1 Å². The molecule has 19 heavy (non-hydrogen) atoms. The van der Waals surface area contributed by atoms with Gasteiger partial charge in [-0.3, -0.25) is 0 Å². The number of benzene rings is 1. The van der Waals surface area contributed by atoms with Crippen LogP contribution in [0.25, 0.3) is 0 Å². The zero-order valence-corrected chi connectivity index (χ0v) is 12.6. The van der Waals surface area contributed by atoms with Crippen molar-refractivity contribution in [1.82, 2.24) is 5.32 Å². The fourth-order valence-electron chi connectivity index (χ4n) is 2.63. The standard InChI is InChI=1S/C17H27NO/c1-4-10-18-11-9-17(2,3)15-7-8-16-14(13-15)6-5-12-19-16/h7-8,13,18H,4-6,9-12H2,1-3H3. The first-order valence-electron chi connectivity index (χ1n) is 7.60. The van der Waals surface area contributed by atoms with Crippen LogP contribution in [-0.4, -0.2) is 19.7 Å². The van der Waals surface area contributed by atoms with E-state index in [1.807, 2.05) is 0 Å². The molecule has 1 N–H and O–H groups in total. The van der Waals surface area contributed by atoms with Crippen molar-refractivity contribution in [2.45, 2.75) is 51.9 Å². The van der Waals surface area contributed by atoms with Gasteiger partial charge in [0, 0.05) is 0 Å². The van der Waals surface area contributed by atoms with Gasteiger partial charge in [0.05, 0.1) is 6.61 Å². The van der Waals surface area contributed by atoms with Gasteiger partial charge in [0.1, 0.15) is 5.75 Å². The Labute approximate surface area is 117 Å². The SMILES string of the molecule is CCCNCCC(C)(C)c1ccc2c(c1)CCCO2. The quantitative estimate of drug-likeness (QED) is 0.789. The van der Waals surface area contributed by atoms with E-state index in [2.05, 4.69) is 44.3 Å². The first kappa shape index (κ1) is 14.4. The lowest BCUT2D eigenvalue weighted by molar-refractivity contribution is 0.288. The smallest absolute Gasteiger partial charge is 0.122 e. The monoisotopic (exact) mass is 261 g/mol. The van der Waals surface area contributed by atoms with Gasteiger partial charge in [-0.1, -0.05) is 32.9 Å². The summed E-state index contributed by atoms with van der Waals surface area (Å²) in [6.07, 6.45) is 4.69. The first-order chi connectivity index (χ1) is 9.13. The maximum absolute atomic E-state index is 5.69. The molecule has 1 aliphatic rings. The third-order valence-electron chi connectivity index (χ3n) is 4.04. The van der Waals surface area contributed by atoms with Crippen molar-refractivity contribution in [3.8, 4) is 5.75 Å². The zero-order chi connectivity index (χ0) is 13.7. The van der Waals surface area contributed by atoms with Crippen LogP contribution in [0.3, 0.4) is 0 Å². The fraction of sp³-hybridized carbons (Fsp3) is 0.647. The van der Waals surface area contributed by atoms with Crippen molar-refractivity contribution in [2.75, 3.05) is 19.7 Å². The lowest BCUT2D eigenvalue weighted by Crippen LogP contribution is -2.26. The van der Waals surface area contributed by atoms with Gasteiger partial charge in [-0.05, 0) is 61.4 Å². The van der Waals surface area contributed by atoms with Crippen molar-refractivity contribution >= 4 is 0 Å². The highest BCUT2D eigenvalue weighted by Crippen LogP contribution is 2.32. The molecule has 1 aliphatic heterocycles. The molecule has 106 valence electrons.